The van der Waals surface area contributed by atoms with Crippen LogP contribution in [0, 0.1) is 0 Å². The molecule has 1 unspecified atom stereocenters. The fraction of sp³-hybridized carbons (Fsp3) is 0.364. The van der Waals surface area contributed by atoms with E-state index in [-0.39, 0.29) is 18.0 Å². The number of carbonyl (C=O) groups is 1. The monoisotopic (exact) mass is 212 g/mol. The summed E-state index contributed by atoms with van der Waals surface area (Å²) in [4.78, 5) is 11.5. The van der Waals surface area contributed by atoms with Crippen molar-refractivity contribution in [3.8, 4) is 0 Å². The van der Waals surface area contributed by atoms with Crippen molar-refractivity contribution < 1.29 is 9.53 Å². The molecule has 0 spiro atoms. The van der Waals surface area contributed by atoms with E-state index in [1.54, 1.807) is 0 Å². The Morgan fingerprint density at radius 1 is 1.43 bits per heavy atom. The van der Waals surface area contributed by atoms with Gasteiger partial charge in [0.1, 0.15) is 0 Å². The molecule has 0 fully saturated rings. The highest BCUT2D eigenvalue weighted by atomic mass is 35.5. The summed E-state index contributed by atoms with van der Waals surface area (Å²) in [6.45, 7) is 1.95. The molecule has 0 aliphatic carbocycles. The molecule has 3 heteroatoms. The fourth-order valence-corrected chi connectivity index (χ4v) is 1.49. The number of rotatable bonds is 4. The molecule has 2 nitrogen and oxygen atoms in total. The Morgan fingerprint density at radius 2 is 2.07 bits per heavy atom. The lowest BCUT2D eigenvalue weighted by molar-refractivity contribution is -0.143. The van der Waals surface area contributed by atoms with Crippen LogP contribution in [0.5, 0.6) is 0 Å². The topological polar surface area (TPSA) is 26.3 Å². The number of carbonyl (C=O) groups excluding carboxylic acids is 1. The third-order valence-corrected chi connectivity index (χ3v) is 2.20. The second kappa shape index (κ2) is 5.66. The van der Waals surface area contributed by atoms with Crippen LogP contribution >= 0.6 is 11.6 Å². The molecule has 0 aromatic heterocycles. The van der Waals surface area contributed by atoms with E-state index in [0.29, 0.717) is 0 Å². The molecule has 0 aliphatic heterocycles. The summed E-state index contributed by atoms with van der Waals surface area (Å²) < 4.78 is 4.78. The van der Waals surface area contributed by atoms with E-state index in [4.69, 9.17) is 16.3 Å². The summed E-state index contributed by atoms with van der Waals surface area (Å²) in [6, 6.07) is 9.50. The van der Waals surface area contributed by atoms with Gasteiger partial charge >= 0.3 is 5.97 Å². The molecule has 0 saturated carbocycles. The normalized spacial score (nSPS) is 12.1. The van der Waals surface area contributed by atoms with Gasteiger partial charge in [0, 0.05) is 0 Å². The molecule has 1 atom stereocenters. The summed E-state index contributed by atoms with van der Waals surface area (Å²) in [7, 11) is 0. The number of benzene rings is 1. The summed E-state index contributed by atoms with van der Waals surface area (Å²) in [5.41, 5.74) is 0.977. The van der Waals surface area contributed by atoms with E-state index in [0.717, 1.165) is 12.0 Å². The molecule has 1 aromatic rings. The predicted molar refractivity (Wildman–Crippen MR) is 56.3 cm³/mol. The lowest BCUT2D eigenvalue weighted by atomic mass is 9.97. The van der Waals surface area contributed by atoms with Crippen LogP contribution < -0.4 is 0 Å². The van der Waals surface area contributed by atoms with Crippen LogP contribution in [0.25, 0.3) is 0 Å². The Balaban J connectivity index is 2.77. The van der Waals surface area contributed by atoms with E-state index in [1.165, 1.54) is 0 Å². The van der Waals surface area contributed by atoms with Gasteiger partial charge in [0.2, 0.25) is 0 Å². The maximum atomic E-state index is 11.5. The molecule has 0 saturated heterocycles. The van der Waals surface area contributed by atoms with Crippen LogP contribution in [0.4, 0.5) is 0 Å². The summed E-state index contributed by atoms with van der Waals surface area (Å²) in [5, 5.41) is 0. The quantitative estimate of drug-likeness (QED) is 0.567. The van der Waals surface area contributed by atoms with Crippen molar-refractivity contribution in [1.29, 1.82) is 0 Å². The zero-order chi connectivity index (χ0) is 10.4. The summed E-state index contributed by atoms with van der Waals surface area (Å²) in [6.07, 6.45) is 0.722. The highest BCUT2D eigenvalue weighted by molar-refractivity contribution is 6.17. The first kappa shape index (κ1) is 11.1. The molecule has 0 N–H and O–H groups in total. The molecule has 0 bridgehead atoms. The lowest BCUT2D eigenvalue weighted by Gasteiger charge is -2.12. The van der Waals surface area contributed by atoms with Crippen molar-refractivity contribution in [2.75, 3.05) is 6.07 Å². The van der Waals surface area contributed by atoms with Crippen LogP contribution in [0.1, 0.15) is 24.8 Å². The second-order valence-electron chi connectivity index (χ2n) is 2.94. The van der Waals surface area contributed by atoms with Gasteiger partial charge in [0.25, 0.3) is 0 Å². The molecular formula is C11H13ClO2. The Kier molecular flexibility index (Phi) is 4.47. The Labute approximate surface area is 88.8 Å². The van der Waals surface area contributed by atoms with E-state index >= 15 is 0 Å². The van der Waals surface area contributed by atoms with Crippen molar-refractivity contribution in [2.45, 2.75) is 19.3 Å². The standard InChI is InChI=1S/C11H13ClO2/c1-2-10(11(13)14-8-12)9-6-4-3-5-7-9/h3-7,10H,2,8H2,1H3. The average molecular weight is 213 g/mol. The van der Waals surface area contributed by atoms with Crippen molar-refractivity contribution in [3.05, 3.63) is 35.9 Å². The van der Waals surface area contributed by atoms with Gasteiger partial charge < -0.3 is 4.74 Å². The minimum Gasteiger partial charge on any atom is -0.449 e. The smallest absolute Gasteiger partial charge is 0.314 e. The highest BCUT2D eigenvalue weighted by Crippen LogP contribution is 2.20. The predicted octanol–water partition coefficient (Wildman–Crippen LogP) is 2.92. The SMILES string of the molecule is CCC(C(=O)OCCl)c1ccccc1. The van der Waals surface area contributed by atoms with Gasteiger partial charge in [-0.1, -0.05) is 48.9 Å². The molecule has 0 heterocycles. The molecule has 0 aliphatic rings. The third kappa shape index (κ3) is 2.74. The average Bonchev–Trinajstić information content (AvgIpc) is 2.21. The second-order valence-corrected chi connectivity index (χ2v) is 3.16. The summed E-state index contributed by atoms with van der Waals surface area (Å²) >= 11 is 5.34. The van der Waals surface area contributed by atoms with Crippen LogP contribution in [-0.4, -0.2) is 12.0 Å². The van der Waals surface area contributed by atoms with Crippen LogP contribution in [0.15, 0.2) is 30.3 Å². The van der Waals surface area contributed by atoms with Gasteiger partial charge in [-0.3, -0.25) is 4.79 Å². The van der Waals surface area contributed by atoms with Gasteiger partial charge in [0.05, 0.1) is 5.92 Å². The van der Waals surface area contributed by atoms with Gasteiger partial charge in [-0.05, 0) is 12.0 Å². The maximum Gasteiger partial charge on any atom is 0.314 e. The largest absolute Gasteiger partial charge is 0.449 e. The van der Waals surface area contributed by atoms with Gasteiger partial charge in [-0.2, -0.15) is 0 Å². The fourth-order valence-electron chi connectivity index (χ4n) is 1.38. The van der Waals surface area contributed by atoms with Crippen LogP contribution in [-0.2, 0) is 9.53 Å². The summed E-state index contributed by atoms with van der Waals surface area (Å²) in [5.74, 6) is -0.455. The van der Waals surface area contributed by atoms with Crippen LogP contribution in [0.3, 0.4) is 0 Å². The van der Waals surface area contributed by atoms with Crippen molar-refractivity contribution in [1.82, 2.24) is 0 Å². The first-order valence-electron chi connectivity index (χ1n) is 4.57. The minimum absolute atomic E-state index is 0.0812. The molecule has 0 radical (unpaired) electrons. The number of hydrogen-bond donors (Lipinski definition) is 0. The Bertz CT molecular complexity index is 285. The first-order valence-corrected chi connectivity index (χ1v) is 5.10. The molecular weight excluding hydrogens is 200 g/mol. The van der Waals surface area contributed by atoms with Crippen LogP contribution in [0.2, 0.25) is 0 Å². The first-order chi connectivity index (χ1) is 6.79. The van der Waals surface area contributed by atoms with Crippen molar-refractivity contribution >= 4 is 17.6 Å². The third-order valence-electron chi connectivity index (χ3n) is 2.09. The van der Waals surface area contributed by atoms with Crippen molar-refractivity contribution in [2.24, 2.45) is 0 Å². The zero-order valence-electron chi connectivity index (χ0n) is 8.07. The number of halogens is 1. The number of alkyl halides is 1. The molecule has 76 valence electrons. The number of ether oxygens (including phenoxy) is 1. The number of esters is 1. The lowest BCUT2D eigenvalue weighted by Crippen LogP contribution is -2.14. The highest BCUT2D eigenvalue weighted by Gasteiger charge is 2.19. The molecule has 14 heavy (non-hydrogen) atoms. The number of hydrogen-bond acceptors (Lipinski definition) is 2. The minimum atomic E-state index is -0.256. The van der Waals surface area contributed by atoms with E-state index < -0.39 is 0 Å². The molecule has 1 aromatic carbocycles. The Hall–Kier alpha value is -1.02. The van der Waals surface area contributed by atoms with Crippen molar-refractivity contribution in [3.63, 3.8) is 0 Å². The van der Waals surface area contributed by atoms with E-state index in [9.17, 15) is 4.79 Å². The Morgan fingerprint density at radius 3 is 2.57 bits per heavy atom. The zero-order valence-corrected chi connectivity index (χ0v) is 8.83. The molecule has 0 amide bonds. The van der Waals surface area contributed by atoms with E-state index in [2.05, 4.69) is 0 Å². The van der Waals surface area contributed by atoms with Gasteiger partial charge in [-0.25, -0.2) is 0 Å². The maximum absolute atomic E-state index is 11.5. The van der Waals surface area contributed by atoms with E-state index in [1.807, 2.05) is 37.3 Å². The molecule has 1 rings (SSSR count). The van der Waals surface area contributed by atoms with Gasteiger partial charge in [0.15, 0.2) is 6.07 Å². The van der Waals surface area contributed by atoms with Gasteiger partial charge in [-0.15, -0.1) is 0 Å².